The van der Waals surface area contributed by atoms with Crippen molar-refractivity contribution in [2.24, 2.45) is 0 Å². The average Bonchev–Trinajstić information content (AvgIpc) is 2.63. The maximum Gasteiger partial charge on any atom is 0.322 e. The SMILES string of the molecule is COc1cc(F)ccc1NC(=O)N1CCOC(c2ccccc2F)C1. The smallest absolute Gasteiger partial charge is 0.322 e. The van der Waals surface area contributed by atoms with Gasteiger partial charge in [0.1, 0.15) is 23.5 Å². The lowest BCUT2D eigenvalue weighted by atomic mass is 10.1. The molecule has 3 rings (SSSR count). The summed E-state index contributed by atoms with van der Waals surface area (Å²) in [4.78, 5) is 14.0. The van der Waals surface area contributed by atoms with E-state index in [0.29, 0.717) is 24.4 Å². The second-order valence-corrected chi connectivity index (χ2v) is 5.60. The number of morpholine rings is 1. The molecule has 0 aliphatic carbocycles. The zero-order valence-corrected chi connectivity index (χ0v) is 13.7. The molecule has 1 heterocycles. The van der Waals surface area contributed by atoms with Crippen LogP contribution in [0.5, 0.6) is 5.75 Å². The molecule has 1 aliphatic rings. The molecule has 0 spiro atoms. The van der Waals surface area contributed by atoms with Gasteiger partial charge in [0.15, 0.2) is 0 Å². The zero-order valence-electron chi connectivity index (χ0n) is 13.7. The van der Waals surface area contributed by atoms with Gasteiger partial charge in [-0.1, -0.05) is 18.2 Å². The van der Waals surface area contributed by atoms with Crippen molar-refractivity contribution in [1.29, 1.82) is 0 Å². The van der Waals surface area contributed by atoms with Crippen LogP contribution in [0.2, 0.25) is 0 Å². The maximum atomic E-state index is 13.9. The van der Waals surface area contributed by atoms with Gasteiger partial charge >= 0.3 is 6.03 Å². The van der Waals surface area contributed by atoms with Gasteiger partial charge in [0.05, 0.1) is 25.9 Å². The van der Waals surface area contributed by atoms with Gasteiger partial charge in [-0.15, -0.1) is 0 Å². The van der Waals surface area contributed by atoms with Crippen LogP contribution in [0.1, 0.15) is 11.7 Å². The quantitative estimate of drug-likeness (QED) is 0.922. The Hall–Kier alpha value is -2.67. The van der Waals surface area contributed by atoms with E-state index in [0.717, 1.165) is 0 Å². The molecule has 25 heavy (non-hydrogen) atoms. The molecular formula is C18H18F2N2O3. The van der Waals surface area contributed by atoms with Crippen molar-refractivity contribution in [3.63, 3.8) is 0 Å². The largest absolute Gasteiger partial charge is 0.494 e. The molecule has 0 bridgehead atoms. The zero-order chi connectivity index (χ0) is 17.8. The van der Waals surface area contributed by atoms with Gasteiger partial charge in [-0.3, -0.25) is 0 Å². The van der Waals surface area contributed by atoms with Crippen molar-refractivity contribution >= 4 is 11.7 Å². The van der Waals surface area contributed by atoms with E-state index in [-0.39, 0.29) is 24.1 Å². The van der Waals surface area contributed by atoms with E-state index in [4.69, 9.17) is 9.47 Å². The lowest BCUT2D eigenvalue weighted by Gasteiger charge is -2.33. The number of benzene rings is 2. The molecule has 2 aromatic rings. The third-order valence-corrected chi connectivity index (χ3v) is 4.01. The van der Waals surface area contributed by atoms with Crippen LogP contribution in [0.15, 0.2) is 42.5 Å². The lowest BCUT2D eigenvalue weighted by Crippen LogP contribution is -2.44. The Morgan fingerprint density at radius 3 is 2.84 bits per heavy atom. The molecule has 1 atom stereocenters. The number of halogens is 2. The number of hydrogen-bond acceptors (Lipinski definition) is 3. The molecule has 1 saturated heterocycles. The summed E-state index contributed by atoms with van der Waals surface area (Å²) in [5.41, 5.74) is 0.780. The number of rotatable bonds is 3. The standard InChI is InChI=1S/C18H18F2N2O3/c1-24-16-10-12(19)6-7-15(16)21-18(23)22-8-9-25-17(11-22)13-4-2-3-5-14(13)20/h2-7,10,17H,8-9,11H2,1H3,(H,21,23). The van der Waals surface area contributed by atoms with Crippen molar-refractivity contribution < 1.29 is 23.0 Å². The predicted molar refractivity (Wildman–Crippen MR) is 88.6 cm³/mol. The number of nitrogens with one attached hydrogen (secondary N) is 1. The molecule has 7 heteroatoms. The minimum atomic E-state index is -0.532. The Morgan fingerprint density at radius 1 is 1.28 bits per heavy atom. The summed E-state index contributed by atoms with van der Waals surface area (Å²) in [6, 6.07) is 9.81. The van der Waals surface area contributed by atoms with E-state index in [1.54, 1.807) is 18.2 Å². The van der Waals surface area contributed by atoms with Crippen LogP contribution in [0.4, 0.5) is 19.3 Å². The first-order chi connectivity index (χ1) is 12.1. The molecule has 0 aromatic heterocycles. The van der Waals surface area contributed by atoms with E-state index < -0.39 is 11.9 Å². The van der Waals surface area contributed by atoms with Crippen LogP contribution < -0.4 is 10.1 Å². The first-order valence-electron chi connectivity index (χ1n) is 7.84. The summed E-state index contributed by atoms with van der Waals surface area (Å²) in [6.07, 6.45) is -0.532. The number of carbonyl (C=O) groups is 1. The van der Waals surface area contributed by atoms with E-state index >= 15 is 0 Å². The number of carbonyl (C=O) groups excluding carboxylic acids is 1. The van der Waals surface area contributed by atoms with Crippen LogP contribution in [0.3, 0.4) is 0 Å². The molecule has 1 aliphatic heterocycles. The Labute approximate surface area is 144 Å². The van der Waals surface area contributed by atoms with Crippen LogP contribution in [0.25, 0.3) is 0 Å². The third kappa shape index (κ3) is 3.88. The summed E-state index contributed by atoms with van der Waals surface area (Å²) >= 11 is 0. The number of amides is 2. The number of ether oxygens (including phenoxy) is 2. The highest BCUT2D eigenvalue weighted by Gasteiger charge is 2.27. The number of anilines is 1. The predicted octanol–water partition coefficient (Wildman–Crippen LogP) is 3.58. The lowest BCUT2D eigenvalue weighted by molar-refractivity contribution is -0.0152. The molecule has 0 saturated carbocycles. The number of hydrogen-bond donors (Lipinski definition) is 1. The third-order valence-electron chi connectivity index (χ3n) is 4.01. The molecule has 1 fully saturated rings. The van der Waals surface area contributed by atoms with Gasteiger partial charge in [0.25, 0.3) is 0 Å². The van der Waals surface area contributed by atoms with Crippen molar-refractivity contribution in [2.45, 2.75) is 6.10 Å². The first-order valence-corrected chi connectivity index (χ1v) is 7.84. The normalized spacial score (nSPS) is 17.2. The van der Waals surface area contributed by atoms with E-state index in [9.17, 15) is 13.6 Å². The summed E-state index contributed by atoms with van der Waals surface area (Å²) in [5.74, 6) is -0.594. The molecular weight excluding hydrogens is 330 g/mol. The first kappa shape index (κ1) is 17.2. The second-order valence-electron chi connectivity index (χ2n) is 5.60. The van der Waals surface area contributed by atoms with E-state index in [2.05, 4.69) is 5.32 Å². The Balaban J connectivity index is 1.71. The number of methoxy groups -OCH3 is 1. The van der Waals surface area contributed by atoms with Crippen molar-refractivity contribution in [1.82, 2.24) is 4.90 Å². The summed E-state index contributed by atoms with van der Waals surface area (Å²) in [5, 5.41) is 2.69. The Bertz CT molecular complexity index is 770. The topological polar surface area (TPSA) is 50.8 Å². The maximum absolute atomic E-state index is 13.9. The molecule has 0 radical (unpaired) electrons. The van der Waals surface area contributed by atoms with E-state index in [1.165, 1.54) is 36.3 Å². The van der Waals surface area contributed by atoms with Gasteiger partial charge in [0.2, 0.25) is 0 Å². The molecule has 132 valence electrons. The number of nitrogens with zero attached hydrogens (tertiary/aromatic N) is 1. The summed E-state index contributed by atoms with van der Waals surface area (Å²) in [6.45, 7) is 0.892. The van der Waals surface area contributed by atoms with E-state index in [1.807, 2.05) is 0 Å². The molecule has 2 amide bonds. The van der Waals surface area contributed by atoms with Gasteiger partial charge < -0.3 is 19.7 Å². The Kier molecular flexibility index (Phi) is 5.14. The van der Waals surface area contributed by atoms with Gasteiger partial charge in [0, 0.05) is 18.2 Å². The van der Waals surface area contributed by atoms with Crippen molar-refractivity contribution in [3.8, 4) is 5.75 Å². The van der Waals surface area contributed by atoms with Gasteiger partial charge in [-0.25, -0.2) is 13.6 Å². The van der Waals surface area contributed by atoms with Crippen LogP contribution >= 0.6 is 0 Å². The van der Waals surface area contributed by atoms with Crippen molar-refractivity contribution in [3.05, 3.63) is 59.7 Å². The Morgan fingerprint density at radius 2 is 2.08 bits per heavy atom. The van der Waals surface area contributed by atoms with Crippen LogP contribution in [-0.4, -0.2) is 37.7 Å². The highest BCUT2D eigenvalue weighted by atomic mass is 19.1. The summed E-state index contributed by atoms with van der Waals surface area (Å²) in [7, 11) is 1.40. The van der Waals surface area contributed by atoms with Gasteiger partial charge in [-0.05, 0) is 18.2 Å². The fraction of sp³-hybridized carbons (Fsp3) is 0.278. The molecule has 5 nitrogen and oxygen atoms in total. The summed E-state index contributed by atoms with van der Waals surface area (Å²) < 4.78 is 37.9. The fourth-order valence-electron chi connectivity index (χ4n) is 2.72. The molecule has 1 unspecified atom stereocenters. The fourth-order valence-corrected chi connectivity index (χ4v) is 2.72. The number of urea groups is 1. The minimum absolute atomic E-state index is 0.219. The van der Waals surface area contributed by atoms with Gasteiger partial charge in [-0.2, -0.15) is 0 Å². The highest BCUT2D eigenvalue weighted by molar-refractivity contribution is 5.91. The molecule has 1 N–H and O–H groups in total. The monoisotopic (exact) mass is 348 g/mol. The highest BCUT2D eigenvalue weighted by Crippen LogP contribution is 2.27. The van der Waals surface area contributed by atoms with Crippen molar-refractivity contribution in [2.75, 3.05) is 32.1 Å². The minimum Gasteiger partial charge on any atom is -0.494 e. The van der Waals surface area contributed by atoms with Crippen LogP contribution in [0, 0.1) is 11.6 Å². The second kappa shape index (κ2) is 7.48. The van der Waals surface area contributed by atoms with Crippen LogP contribution in [-0.2, 0) is 4.74 Å². The molecule has 2 aromatic carbocycles. The average molecular weight is 348 g/mol.